The predicted molar refractivity (Wildman–Crippen MR) is 83.1 cm³/mol. The summed E-state index contributed by atoms with van der Waals surface area (Å²) in [7, 11) is 0. The van der Waals surface area contributed by atoms with Gasteiger partial charge < -0.3 is 15.3 Å². The second kappa shape index (κ2) is 5.79. The van der Waals surface area contributed by atoms with Gasteiger partial charge in [0.2, 0.25) is 0 Å². The summed E-state index contributed by atoms with van der Waals surface area (Å²) in [6, 6.07) is 5.09. The minimum Gasteiger partial charge on any atom is -0.504 e. The quantitative estimate of drug-likeness (QED) is 0.589. The number of nitrogens with one attached hydrogen (secondary N) is 1. The molecule has 3 rings (SSSR count). The molecule has 4 N–H and O–H groups in total. The molecule has 0 saturated carbocycles. The third-order valence-electron chi connectivity index (χ3n) is 3.23. The second-order valence-electron chi connectivity index (χ2n) is 4.57. The number of rotatable bonds is 4. The summed E-state index contributed by atoms with van der Waals surface area (Å²) in [6.07, 6.45) is 0. The Morgan fingerprint density at radius 2 is 2.24 bits per heavy atom. The number of phenolic OH excluding ortho intramolecular Hbond substituents is 1. The van der Waals surface area contributed by atoms with Gasteiger partial charge in [0.05, 0.1) is 12.3 Å². The molecule has 0 unspecified atom stereocenters. The van der Waals surface area contributed by atoms with E-state index in [1.165, 1.54) is 0 Å². The van der Waals surface area contributed by atoms with Gasteiger partial charge in [-0.3, -0.25) is 0 Å². The number of fused-ring (bicyclic) bond motifs is 1. The molecule has 0 atom stereocenters. The number of hydrogen-bond acceptors (Lipinski definition) is 7. The maximum atomic E-state index is 9.77. The number of hydrogen-bond donors (Lipinski definition) is 3. The third kappa shape index (κ3) is 2.62. The lowest BCUT2D eigenvalue weighted by atomic mass is 10.1. The molecule has 0 bridgehead atoms. The highest BCUT2D eigenvalue weighted by Crippen LogP contribution is 2.36. The number of thioether (sulfide) groups is 1. The van der Waals surface area contributed by atoms with Crippen LogP contribution in [0.1, 0.15) is 18.2 Å². The Hall–Kier alpha value is -1.99. The smallest absolute Gasteiger partial charge is 0.162 e. The van der Waals surface area contributed by atoms with Crippen LogP contribution in [0.15, 0.2) is 18.2 Å². The van der Waals surface area contributed by atoms with Gasteiger partial charge in [-0.25, -0.2) is 15.8 Å². The maximum Gasteiger partial charge on any atom is 0.162 e. The molecular weight excluding hydrogens is 288 g/mol. The van der Waals surface area contributed by atoms with E-state index in [4.69, 9.17) is 10.6 Å². The van der Waals surface area contributed by atoms with Crippen LogP contribution < -0.4 is 16.0 Å². The van der Waals surface area contributed by atoms with Gasteiger partial charge in [-0.15, -0.1) is 0 Å². The van der Waals surface area contributed by atoms with E-state index in [0.717, 1.165) is 28.3 Å². The predicted octanol–water partition coefficient (Wildman–Crippen LogP) is 2.28. The fourth-order valence-electron chi connectivity index (χ4n) is 2.22. The molecule has 0 saturated heterocycles. The minimum absolute atomic E-state index is 0.106. The van der Waals surface area contributed by atoms with Crippen molar-refractivity contribution < 1.29 is 9.84 Å². The Morgan fingerprint density at radius 1 is 1.38 bits per heavy atom. The maximum absolute atomic E-state index is 9.77. The molecule has 0 amide bonds. The minimum atomic E-state index is 0.106. The number of anilines is 1. The van der Waals surface area contributed by atoms with Crippen molar-refractivity contribution in [1.82, 2.24) is 9.97 Å². The Balaban J connectivity index is 2.06. The summed E-state index contributed by atoms with van der Waals surface area (Å²) in [5.41, 5.74) is 5.50. The van der Waals surface area contributed by atoms with Gasteiger partial charge in [-0.2, -0.15) is 11.8 Å². The number of benzene rings is 1. The van der Waals surface area contributed by atoms with E-state index in [1.54, 1.807) is 30.0 Å². The van der Waals surface area contributed by atoms with E-state index >= 15 is 0 Å². The fourth-order valence-corrected chi connectivity index (χ4v) is 3.27. The van der Waals surface area contributed by atoms with E-state index in [-0.39, 0.29) is 5.75 Å². The summed E-state index contributed by atoms with van der Waals surface area (Å²) in [4.78, 5) is 9.06. The lowest BCUT2D eigenvalue weighted by Crippen LogP contribution is -2.12. The van der Waals surface area contributed by atoms with Gasteiger partial charge in [-0.1, -0.05) is 0 Å². The number of ether oxygens (including phenoxy) is 1. The zero-order valence-corrected chi connectivity index (χ0v) is 12.4. The van der Waals surface area contributed by atoms with Gasteiger partial charge in [-0.05, 0) is 25.1 Å². The van der Waals surface area contributed by atoms with Crippen molar-refractivity contribution in [2.45, 2.75) is 18.4 Å². The molecule has 1 aliphatic heterocycles. The summed E-state index contributed by atoms with van der Waals surface area (Å²) in [6.45, 7) is 2.35. The Kier molecular flexibility index (Phi) is 3.85. The number of phenols is 1. The van der Waals surface area contributed by atoms with E-state index < -0.39 is 0 Å². The fraction of sp³-hybridized carbons (Fsp3) is 0.286. The molecule has 0 radical (unpaired) electrons. The van der Waals surface area contributed by atoms with Crippen molar-refractivity contribution in [3.63, 3.8) is 0 Å². The third-order valence-corrected chi connectivity index (χ3v) is 4.20. The summed E-state index contributed by atoms with van der Waals surface area (Å²) >= 11 is 1.79. The van der Waals surface area contributed by atoms with E-state index in [2.05, 4.69) is 15.4 Å². The van der Waals surface area contributed by atoms with Crippen LogP contribution in [0.2, 0.25) is 0 Å². The van der Waals surface area contributed by atoms with Crippen LogP contribution >= 0.6 is 11.8 Å². The van der Waals surface area contributed by atoms with Crippen LogP contribution in [0.4, 0.5) is 5.82 Å². The average molecular weight is 304 g/mol. The van der Waals surface area contributed by atoms with Crippen molar-refractivity contribution in [2.24, 2.45) is 5.84 Å². The van der Waals surface area contributed by atoms with Crippen molar-refractivity contribution in [2.75, 3.05) is 12.0 Å². The highest BCUT2D eigenvalue weighted by molar-refractivity contribution is 7.98. The Bertz CT molecular complexity index is 678. The monoisotopic (exact) mass is 304 g/mol. The topological polar surface area (TPSA) is 93.3 Å². The normalized spacial score (nSPS) is 13.0. The Labute approximate surface area is 126 Å². The molecule has 0 spiro atoms. The van der Waals surface area contributed by atoms with Gasteiger partial charge in [0.1, 0.15) is 5.82 Å². The van der Waals surface area contributed by atoms with Crippen LogP contribution in [0.5, 0.6) is 11.5 Å². The van der Waals surface area contributed by atoms with Gasteiger partial charge in [0, 0.05) is 22.6 Å². The van der Waals surface area contributed by atoms with Crippen LogP contribution in [0, 0.1) is 0 Å². The molecule has 1 aliphatic rings. The van der Waals surface area contributed by atoms with Gasteiger partial charge >= 0.3 is 0 Å². The first-order chi connectivity index (χ1) is 10.2. The molecule has 110 valence electrons. The first-order valence-electron chi connectivity index (χ1n) is 6.63. The SMILES string of the molecule is CCOc1cc(-c2nc3c(c(NN)n2)CSC3)ccc1O. The zero-order chi connectivity index (χ0) is 14.8. The van der Waals surface area contributed by atoms with Crippen molar-refractivity contribution in [3.8, 4) is 22.9 Å². The van der Waals surface area contributed by atoms with Crippen molar-refractivity contribution >= 4 is 17.6 Å². The van der Waals surface area contributed by atoms with Gasteiger partial charge in [0.15, 0.2) is 17.3 Å². The van der Waals surface area contributed by atoms with Crippen LogP contribution in [-0.4, -0.2) is 21.7 Å². The first-order valence-corrected chi connectivity index (χ1v) is 7.78. The zero-order valence-electron chi connectivity index (χ0n) is 11.6. The number of aromatic hydroxyl groups is 1. The first kappa shape index (κ1) is 14.0. The van der Waals surface area contributed by atoms with Crippen LogP contribution in [-0.2, 0) is 11.5 Å². The summed E-state index contributed by atoms with van der Waals surface area (Å²) in [5, 5.41) is 9.77. The van der Waals surface area contributed by atoms with Crippen molar-refractivity contribution in [1.29, 1.82) is 0 Å². The molecule has 6 nitrogen and oxygen atoms in total. The molecule has 7 heteroatoms. The highest BCUT2D eigenvalue weighted by Gasteiger charge is 2.20. The molecule has 0 fully saturated rings. The summed E-state index contributed by atoms with van der Waals surface area (Å²) in [5.74, 6) is 9.05. The standard InChI is InChI=1S/C14H16N4O2S/c1-2-20-12-5-8(3-4-11(12)19)13-16-10-7-21-6-9(10)14(17-13)18-15/h3-5,19H,2,6-7,15H2,1H3,(H,16,17,18). The molecule has 2 heterocycles. The number of nitrogens with two attached hydrogens (primary N) is 1. The molecule has 2 aromatic rings. The largest absolute Gasteiger partial charge is 0.504 e. The van der Waals surface area contributed by atoms with Gasteiger partial charge in [0.25, 0.3) is 0 Å². The number of hydrazine groups is 1. The number of nitrogen functional groups attached to an aromatic ring is 1. The lowest BCUT2D eigenvalue weighted by molar-refractivity contribution is 0.318. The van der Waals surface area contributed by atoms with Crippen LogP contribution in [0.25, 0.3) is 11.4 Å². The van der Waals surface area contributed by atoms with E-state index in [1.807, 2.05) is 6.92 Å². The van der Waals surface area contributed by atoms with E-state index in [9.17, 15) is 5.11 Å². The molecule has 21 heavy (non-hydrogen) atoms. The molecule has 0 aliphatic carbocycles. The molecular formula is C14H16N4O2S. The highest BCUT2D eigenvalue weighted by atomic mass is 32.2. The molecule has 1 aromatic heterocycles. The average Bonchev–Trinajstić information content (AvgIpc) is 2.97. The Morgan fingerprint density at radius 3 is 3.00 bits per heavy atom. The lowest BCUT2D eigenvalue weighted by Gasteiger charge is -2.11. The number of aromatic nitrogens is 2. The van der Waals surface area contributed by atoms with Crippen LogP contribution in [0.3, 0.4) is 0 Å². The van der Waals surface area contributed by atoms with Crippen molar-refractivity contribution in [3.05, 3.63) is 29.5 Å². The molecule has 1 aromatic carbocycles. The summed E-state index contributed by atoms with van der Waals surface area (Å²) < 4.78 is 5.40. The number of nitrogens with zero attached hydrogens (tertiary/aromatic N) is 2. The second-order valence-corrected chi connectivity index (χ2v) is 5.56. The van der Waals surface area contributed by atoms with E-state index in [0.29, 0.717) is 24.0 Å².